The van der Waals surface area contributed by atoms with Gasteiger partial charge in [0.15, 0.2) is 0 Å². The SMILES string of the molecule is CCC(C)NC(=O)C(CC)N(Cc1ccc(Cl)c(Cl)c1)C(=O)CN1C(=O)c2cccc3cccc1c23. The van der Waals surface area contributed by atoms with E-state index < -0.39 is 6.04 Å². The molecule has 0 radical (unpaired) electrons. The maximum absolute atomic E-state index is 13.8. The Labute approximate surface area is 221 Å². The first-order chi connectivity index (χ1) is 17.2. The lowest BCUT2D eigenvalue weighted by atomic mass is 10.1. The quantitative estimate of drug-likeness (QED) is 0.382. The zero-order chi connectivity index (χ0) is 26.0. The molecule has 0 saturated heterocycles. The van der Waals surface area contributed by atoms with Gasteiger partial charge in [-0.15, -0.1) is 0 Å². The highest BCUT2D eigenvalue weighted by Crippen LogP contribution is 2.37. The summed E-state index contributed by atoms with van der Waals surface area (Å²) in [5.74, 6) is -0.773. The number of halogens is 2. The van der Waals surface area contributed by atoms with Crippen molar-refractivity contribution >= 4 is 57.4 Å². The van der Waals surface area contributed by atoms with E-state index in [0.717, 1.165) is 22.8 Å². The van der Waals surface area contributed by atoms with E-state index in [-0.39, 0.29) is 36.9 Å². The Morgan fingerprint density at radius 1 is 1.00 bits per heavy atom. The summed E-state index contributed by atoms with van der Waals surface area (Å²) in [4.78, 5) is 43.3. The lowest BCUT2D eigenvalue weighted by Crippen LogP contribution is -2.53. The van der Waals surface area contributed by atoms with Crippen molar-refractivity contribution in [3.8, 4) is 0 Å². The van der Waals surface area contributed by atoms with Crippen LogP contribution in [0.4, 0.5) is 5.69 Å². The summed E-state index contributed by atoms with van der Waals surface area (Å²) in [6.45, 7) is 5.76. The fourth-order valence-electron chi connectivity index (χ4n) is 4.56. The first-order valence-electron chi connectivity index (χ1n) is 12.1. The van der Waals surface area contributed by atoms with Crippen LogP contribution in [0.1, 0.15) is 49.5 Å². The normalized spacial score (nSPS) is 14.1. The maximum Gasteiger partial charge on any atom is 0.259 e. The van der Waals surface area contributed by atoms with Crippen LogP contribution in [0.5, 0.6) is 0 Å². The minimum atomic E-state index is -0.711. The zero-order valence-corrected chi connectivity index (χ0v) is 22.1. The van der Waals surface area contributed by atoms with Crippen LogP contribution >= 0.6 is 23.2 Å². The molecule has 2 atom stereocenters. The third kappa shape index (κ3) is 5.06. The number of amides is 3. The van der Waals surface area contributed by atoms with E-state index in [9.17, 15) is 14.4 Å². The minimum absolute atomic E-state index is 0.0271. The predicted octanol–water partition coefficient (Wildman–Crippen LogP) is 5.83. The van der Waals surface area contributed by atoms with E-state index in [1.807, 2.05) is 51.1 Å². The van der Waals surface area contributed by atoms with Gasteiger partial charge in [-0.1, -0.05) is 67.4 Å². The summed E-state index contributed by atoms with van der Waals surface area (Å²) >= 11 is 12.3. The molecule has 1 N–H and O–H groups in total. The molecule has 1 heterocycles. The van der Waals surface area contributed by atoms with Crippen molar-refractivity contribution in [2.24, 2.45) is 0 Å². The molecule has 0 bridgehead atoms. The number of hydrogen-bond donors (Lipinski definition) is 1. The van der Waals surface area contributed by atoms with Crippen LogP contribution in [0.2, 0.25) is 10.0 Å². The van der Waals surface area contributed by atoms with Crippen molar-refractivity contribution in [2.75, 3.05) is 11.4 Å². The monoisotopic (exact) mass is 525 g/mol. The van der Waals surface area contributed by atoms with Gasteiger partial charge in [0.1, 0.15) is 12.6 Å². The molecule has 6 nitrogen and oxygen atoms in total. The highest BCUT2D eigenvalue weighted by molar-refractivity contribution is 6.42. The van der Waals surface area contributed by atoms with Crippen LogP contribution in [0.25, 0.3) is 10.8 Å². The van der Waals surface area contributed by atoms with Crippen molar-refractivity contribution in [3.63, 3.8) is 0 Å². The summed E-state index contributed by atoms with van der Waals surface area (Å²) in [7, 11) is 0. The molecule has 4 rings (SSSR count). The lowest BCUT2D eigenvalue weighted by molar-refractivity contribution is -0.140. The number of rotatable bonds is 9. The average molecular weight is 526 g/mol. The van der Waals surface area contributed by atoms with Gasteiger partial charge in [0.2, 0.25) is 11.8 Å². The van der Waals surface area contributed by atoms with Crippen molar-refractivity contribution in [3.05, 3.63) is 75.8 Å². The number of nitrogens with zero attached hydrogens (tertiary/aromatic N) is 2. The van der Waals surface area contributed by atoms with Crippen molar-refractivity contribution in [2.45, 2.75) is 52.2 Å². The summed E-state index contributed by atoms with van der Waals surface area (Å²) in [5, 5.41) is 5.56. The van der Waals surface area contributed by atoms with E-state index in [0.29, 0.717) is 27.7 Å². The highest BCUT2D eigenvalue weighted by Gasteiger charge is 2.35. The largest absolute Gasteiger partial charge is 0.352 e. The fraction of sp³-hybridized carbons (Fsp3) is 0.321. The van der Waals surface area contributed by atoms with Crippen LogP contribution in [0.3, 0.4) is 0 Å². The molecule has 0 spiro atoms. The van der Waals surface area contributed by atoms with Gasteiger partial charge in [-0.25, -0.2) is 0 Å². The smallest absolute Gasteiger partial charge is 0.259 e. The van der Waals surface area contributed by atoms with Crippen molar-refractivity contribution in [1.29, 1.82) is 0 Å². The average Bonchev–Trinajstić information content (AvgIpc) is 3.13. The maximum atomic E-state index is 13.8. The van der Waals surface area contributed by atoms with Gasteiger partial charge in [-0.2, -0.15) is 0 Å². The molecule has 8 heteroatoms. The van der Waals surface area contributed by atoms with E-state index in [2.05, 4.69) is 5.32 Å². The van der Waals surface area contributed by atoms with E-state index in [1.165, 1.54) is 9.80 Å². The number of anilines is 1. The van der Waals surface area contributed by atoms with E-state index in [1.54, 1.807) is 24.3 Å². The molecule has 1 aliphatic heterocycles. The van der Waals surface area contributed by atoms with E-state index in [4.69, 9.17) is 23.2 Å². The molecular weight excluding hydrogens is 497 g/mol. The molecule has 1 aliphatic rings. The zero-order valence-electron chi connectivity index (χ0n) is 20.6. The predicted molar refractivity (Wildman–Crippen MR) is 145 cm³/mol. The summed E-state index contributed by atoms with van der Waals surface area (Å²) in [6, 6.07) is 15.6. The second-order valence-corrected chi connectivity index (χ2v) is 9.90. The summed E-state index contributed by atoms with van der Waals surface area (Å²) in [6.07, 6.45) is 1.19. The van der Waals surface area contributed by atoms with Crippen LogP contribution in [-0.4, -0.2) is 41.2 Å². The number of nitrogens with one attached hydrogen (secondary N) is 1. The minimum Gasteiger partial charge on any atom is -0.352 e. The lowest BCUT2D eigenvalue weighted by Gasteiger charge is -2.33. The third-order valence-corrected chi connectivity index (χ3v) is 7.41. The molecule has 3 amide bonds. The van der Waals surface area contributed by atoms with Crippen molar-refractivity contribution in [1.82, 2.24) is 10.2 Å². The first kappa shape index (κ1) is 26.0. The van der Waals surface area contributed by atoms with Gasteiger partial charge < -0.3 is 10.2 Å². The molecule has 0 aromatic heterocycles. The molecule has 0 saturated carbocycles. The Kier molecular flexibility index (Phi) is 7.86. The molecule has 36 heavy (non-hydrogen) atoms. The molecule has 3 aromatic rings. The van der Waals surface area contributed by atoms with Gasteiger partial charge in [0, 0.05) is 23.5 Å². The van der Waals surface area contributed by atoms with Crippen LogP contribution in [-0.2, 0) is 16.1 Å². The summed E-state index contributed by atoms with van der Waals surface area (Å²) in [5.41, 5.74) is 2.02. The molecule has 188 valence electrons. The Morgan fingerprint density at radius 3 is 2.39 bits per heavy atom. The molecule has 0 fully saturated rings. The Morgan fingerprint density at radius 2 is 1.72 bits per heavy atom. The van der Waals surface area contributed by atoms with Gasteiger partial charge in [0.05, 0.1) is 15.7 Å². The summed E-state index contributed by atoms with van der Waals surface area (Å²) < 4.78 is 0. The van der Waals surface area contributed by atoms with Crippen LogP contribution < -0.4 is 10.2 Å². The molecule has 2 unspecified atom stereocenters. The molecule has 3 aromatic carbocycles. The van der Waals surface area contributed by atoms with Gasteiger partial charge >= 0.3 is 0 Å². The number of hydrogen-bond acceptors (Lipinski definition) is 3. The second-order valence-electron chi connectivity index (χ2n) is 9.08. The topological polar surface area (TPSA) is 69.7 Å². The number of carbonyl (C=O) groups is 3. The van der Waals surface area contributed by atoms with Crippen LogP contribution in [0, 0.1) is 0 Å². The van der Waals surface area contributed by atoms with Gasteiger partial charge in [-0.3, -0.25) is 19.3 Å². The Bertz CT molecular complexity index is 1320. The molecule has 0 aliphatic carbocycles. The highest BCUT2D eigenvalue weighted by atomic mass is 35.5. The van der Waals surface area contributed by atoms with Gasteiger partial charge in [-0.05, 0) is 55.0 Å². The first-order valence-corrected chi connectivity index (χ1v) is 12.9. The van der Waals surface area contributed by atoms with E-state index >= 15 is 0 Å². The van der Waals surface area contributed by atoms with Gasteiger partial charge in [0.25, 0.3) is 5.91 Å². The fourth-order valence-corrected chi connectivity index (χ4v) is 4.88. The molecular formula is C28H29Cl2N3O3. The second kappa shape index (κ2) is 10.9. The standard InChI is InChI=1S/C28H29Cl2N3O3/c1-4-17(3)31-27(35)23(5-2)32(15-18-12-13-21(29)22(30)14-18)25(34)16-33-24-11-7-9-19-8-6-10-20(26(19)24)28(33)36/h6-14,17,23H,4-5,15-16H2,1-3H3,(H,31,35). The Balaban J connectivity index is 1.66. The number of carbonyl (C=O) groups excluding carboxylic acids is 3. The van der Waals surface area contributed by atoms with Crippen molar-refractivity contribution < 1.29 is 14.4 Å². The third-order valence-electron chi connectivity index (χ3n) is 6.67. The number of benzene rings is 3. The van der Waals surface area contributed by atoms with Crippen LogP contribution in [0.15, 0.2) is 54.6 Å². The Hall–Kier alpha value is -3.09.